The Balaban J connectivity index is 1.85. The summed E-state index contributed by atoms with van der Waals surface area (Å²) < 4.78 is 1.76. The summed E-state index contributed by atoms with van der Waals surface area (Å²) in [6.07, 6.45) is 2.57. The number of rotatable bonds is 5. The standard InChI is InChI=1S/C17H30N4O/c1-13-7-6-8-20(10-13)17(4,5)12-18-16(22)11-21-15(3)9-14(2)19-21/h9,13H,6-8,10-12H2,1-5H3,(H,18,22). The Morgan fingerprint density at radius 2 is 2.18 bits per heavy atom. The first kappa shape index (κ1) is 17.0. The molecule has 1 N–H and O–H groups in total. The lowest BCUT2D eigenvalue weighted by atomic mass is 9.93. The number of hydrogen-bond acceptors (Lipinski definition) is 3. The molecule has 124 valence electrons. The minimum Gasteiger partial charge on any atom is -0.353 e. The largest absolute Gasteiger partial charge is 0.353 e. The summed E-state index contributed by atoms with van der Waals surface area (Å²) in [5, 5.41) is 7.42. The van der Waals surface area contributed by atoms with Crippen molar-refractivity contribution in [2.24, 2.45) is 5.92 Å². The van der Waals surface area contributed by atoms with E-state index in [1.54, 1.807) is 4.68 Å². The first-order valence-electron chi connectivity index (χ1n) is 8.31. The molecule has 1 atom stereocenters. The summed E-state index contributed by atoms with van der Waals surface area (Å²) in [4.78, 5) is 14.7. The molecule has 1 aliphatic rings. The molecule has 0 spiro atoms. The van der Waals surface area contributed by atoms with Crippen LogP contribution in [0.2, 0.25) is 0 Å². The zero-order valence-electron chi connectivity index (χ0n) is 14.6. The lowest BCUT2D eigenvalue weighted by Crippen LogP contribution is -2.54. The van der Waals surface area contributed by atoms with Crippen LogP contribution in [-0.2, 0) is 11.3 Å². The SMILES string of the molecule is Cc1cc(C)n(CC(=O)NCC(C)(C)N2CCCC(C)C2)n1. The van der Waals surface area contributed by atoms with Crippen molar-refractivity contribution in [1.29, 1.82) is 0 Å². The van der Waals surface area contributed by atoms with Gasteiger partial charge in [0.05, 0.1) is 5.69 Å². The van der Waals surface area contributed by atoms with E-state index in [9.17, 15) is 4.79 Å². The third kappa shape index (κ3) is 4.32. The normalized spacial score (nSPS) is 20.1. The molecule has 0 aliphatic carbocycles. The highest BCUT2D eigenvalue weighted by Gasteiger charge is 2.30. The number of carbonyl (C=O) groups is 1. The van der Waals surface area contributed by atoms with E-state index >= 15 is 0 Å². The van der Waals surface area contributed by atoms with Crippen LogP contribution in [0.5, 0.6) is 0 Å². The number of likely N-dealkylation sites (tertiary alicyclic amines) is 1. The molecule has 1 fully saturated rings. The van der Waals surface area contributed by atoms with Gasteiger partial charge in [0, 0.05) is 24.3 Å². The molecule has 0 bridgehead atoms. The van der Waals surface area contributed by atoms with Gasteiger partial charge < -0.3 is 5.32 Å². The number of piperidine rings is 1. The fraction of sp³-hybridized carbons (Fsp3) is 0.765. The lowest BCUT2D eigenvalue weighted by molar-refractivity contribution is -0.122. The van der Waals surface area contributed by atoms with Gasteiger partial charge in [-0.2, -0.15) is 5.10 Å². The Morgan fingerprint density at radius 3 is 2.77 bits per heavy atom. The van der Waals surface area contributed by atoms with E-state index in [1.807, 2.05) is 19.9 Å². The minimum atomic E-state index is -0.000578. The van der Waals surface area contributed by atoms with E-state index in [2.05, 4.69) is 36.1 Å². The van der Waals surface area contributed by atoms with Gasteiger partial charge >= 0.3 is 0 Å². The Kier molecular flexibility index (Phi) is 5.27. The lowest BCUT2D eigenvalue weighted by Gasteiger charge is -2.43. The van der Waals surface area contributed by atoms with Crippen LogP contribution in [0.25, 0.3) is 0 Å². The van der Waals surface area contributed by atoms with Crippen LogP contribution in [0.4, 0.5) is 0 Å². The number of nitrogens with zero attached hydrogens (tertiary/aromatic N) is 3. The van der Waals surface area contributed by atoms with E-state index in [-0.39, 0.29) is 11.4 Å². The maximum Gasteiger partial charge on any atom is 0.241 e. The molecule has 1 aliphatic heterocycles. The molecule has 2 rings (SSSR count). The average molecular weight is 306 g/mol. The second-order valence-corrected chi connectivity index (χ2v) is 7.37. The van der Waals surface area contributed by atoms with E-state index < -0.39 is 0 Å². The van der Waals surface area contributed by atoms with Crippen LogP contribution < -0.4 is 5.32 Å². The molecule has 0 saturated carbocycles. The summed E-state index contributed by atoms with van der Waals surface area (Å²) in [5.41, 5.74) is 1.98. The minimum absolute atomic E-state index is 0.000578. The van der Waals surface area contributed by atoms with Crippen molar-refractivity contribution in [2.75, 3.05) is 19.6 Å². The fourth-order valence-corrected chi connectivity index (χ4v) is 3.19. The van der Waals surface area contributed by atoms with Crippen LogP contribution in [0, 0.1) is 19.8 Å². The first-order valence-corrected chi connectivity index (χ1v) is 8.31. The second-order valence-electron chi connectivity index (χ2n) is 7.37. The molecule has 1 aromatic rings. The van der Waals surface area contributed by atoms with Crippen LogP contribution in [-0.4, -0.2) is 45.8 Å². The molecule has 1 aromatic heterocycles. The van der Waals surface area contributed by atoms with E-state index in [0.717, 1.165) is 30.4 Å². The van der Waals surface area contributed by atoms with Crippen molar-refractivity contribution in [1.82, 2.24) is 20.0 Å². The van der Waals surface area contributed by atoms with E-state index in [4.69, 9.17) is 0 Å². The molecule has 0 radical (unpaired) electrons. The predicted octanol–water partition coefficient (Wildman–Crippen LogP) is 2.13. The number of aryl methyl sites for hydroxylation is 2. The number of hydrogen-bond donors (Lipinski definition) is 1. The van der Waals surface area contributed by atoms with Crippen molar-refractivity contribution in [2.45, 2.75) is 59.5 Å². The highest BCUT2D eigenvalue weighted by atomic mass is 16.2. The molecule has 5 heteroatoms. The molecule has 1 amide bonds. The molecule has 0 aromatic carbocycles. The van der Waals surface area contributed by atoms with Crippen molar-refractivity contribution in [3.05, 3.63) is 17.5 Å². The zero-order valence-corrected chi connectivity index (χ0v) is 14.6. The number of nitrogens with one attached hydrogen (secondary N) is 1. The van der Waals surface area contributed by atoms with Crippen LogP contribution in [0.3, 0.4) is 0 Å². The summed E-state index contributed by atoms with van der Waals surface area (Å²) in [5.74, 6) is 0.780. The Morgan fingerprint density at radius 1 is 1.45 bits per heavy atom. The quantitative estimate of drug-likeness (QED) is 0.906. The second kappa shape index (κ2) is 6.82. The Labute approximate surface area is 134 Å². The van der Waals surface area contributed by atoms with Gasteiger partial charge in [-0.05, 0) is 59.1 Å². The van der Waals surface area contributed by atoms with Gasteiger partial charge in [-0.25, -0.2) is 0 Å². The van der Waals surface area contributed by atoms with Crippen LogP contribution in [0.15, 0.2) is 6.07 Å². The zero-order chi connectivity index (χ0) is 16.3. The monoisotopic (exact) mass is 306 g/mol. The van der Waals surface area contributed by atoms with Gasteiger partial charge in [0.15, 0.2) is 0 Å². The number of amides is 1. The van der Waals surface area contributed by atoms with Crippen molar-refractivity contribution < 1.29 is 4.79 Å². The molecular formula is C17H30N4O. The van der Waals surface area contributed by atoms with E-state index in [0.29, 0.717) is 13.1 Å². The summed E-state index contributed by atoms with van der Waals surface area (Å²) in [7, 11) is 0. The molecule has 22 heavy (non-hydrogen) atoms. The third-order valence-corrected chi connectivity index (χ3v) is 4.63. The fourth-order valence-electron chi connectivity index (χ4n) is 3.19. The van der Waals surface area contributed by atoms with Crippen LogP contribution in [0.1, 0.15) is 45.0 Å². The van der Waals surface area contributed by atoms with Crippen molar-refractivity contribution >= 4 is 5.91 Å². The van der Waals surface area contributed by atoms with Gasteiger partial charge in [-0.15, -0.1) is 0 Å². The summed E-state index contributed by atoms with van der Waals surface area (Å²) >= 11 is 0. The summed E-state index contributed by atoms with van der Waals surface area (Å²) in [6, 6.07) is 1.99. The van der Waals surface area contributed by atoms with Gasteiger partial charge in [-0.1, -0.05) is 6.92 Å². The highest BCUT2D eigenvalue weighted by Crippen LogP contribution is 2.23. The molecule has 1 saturated heterocycles. The maximum absolute atomic E-state index is 12.2. The van der Waals surface area contributed by atoms with Gasteiger partial charge in [0.25, 0.3) is 0 Å². The van der Waals surface area contributed by atoms with Gasteiger partial charge in [0.1, 0.15) is 6.54 Å². The van der Waals surface area contributed by atoms with Crippen molar-refractivity contribution in [3.8, 4) is 0 Å². The van der Waals surface area contributed by atoms with Gasteiger partial charge in [0.2, 0.25) is 5.91 Å². The third-order valence-electron chi connectivity index (χ3n) is 4.63. The smallest absolute Gasteiger partial charge is 0.241 e. The predicted molar refractivity (Wildman–Crippen MR) is 88.8 cm³/mol. The van der Waals surface area contributed by atoms with Crippen molar-refractivity contribution in [3.63, 3.8) is 0 Å². The molecule has 1 unspecified atom stereocenters. The summed E-state index contributed by atoms with van der Waals surface area (Å²) in [6.45, 7) is 13.9. The first-order chi connectivity index (χ1) is 10.3. The van der Waals surface area contributed by atoms with E-state index in [1.165, 1.54) is 12.8 Å². The Hall–Kier alpha value is -1.36. The number of carbonyl (C=O) groups excluding carboxylic acids is 1. The van der Waals surface area contributed by atoms with Gasteiger partial charge in [-0.3, -0.25) is 14.4 Å². The highest BCUT2D eigenvalue weighted by molar-refractivity contribution is 5.75. The molecular weight excluding hydrogens is 276 g/mol. The number of aromatic nitrogens is 2. The average Bonchev–Trinajstić information content (AvgIpc) is 2.75. The molecule has 5 nitrogen and oxygen atoms in total. The maximum atomic E-state index is 12.2. The van der Waals surface area contributed by atoms with Crippen LogP contribution >= 0.6 is 0 Å². The molecule has 2 heterocycles. The Bertz CT molecular complexity index is 521. The topological polar surface area (TPSA) is 50.2 Å².